The standard InChI is InChI=1S/C27H20FN3O3S/c1-16-25(35-26(30-16)17-9-3-2-4-10-17)23(32)21-22(19-12-5-6-13-20(19)28)31(27(34)24(21)33)15-18-11-7-8-14-29-18/h2-14,22,33H,15H2,1H3. The lowest BCUT2D eigenvalue weighted by Gasteiger charge is -2.26. The van der Waals surface area contributed by atoms with E-state index in [4.69, 9.17) is 0 Å². The predicted octanol–water partition coefficient (Wildman–Crippen LogP) is 5.43. The number of pyridine rings is 1. The lowest BCUT2D eigenvalue weighted by Crippen LogP contribution is -2.31. The van der Waals surface area contributed by atoms with Gasteiger partial charge >= 0.3 is 0 Å². The minimum absolute atomic E-state index is 0.00352. The molecule has 0 spiro atoms. The molecule has 5 rings (SSSR count). The van der Waals surface area contributed by atoms with Crippen molar-refractivity contribution in [2.75, 3.05) is 0 Å². The summed E-state index contributed by atoms with van der Waals surface area (Å²) in [5.74, 6) is -2.57. The van der Waals surface area contributed by atoms with Crippen molar-refractivity contribution < 1.29 is 19.1 Å². The van der Waals surface area contributed by atoms with E-state index in [0.29, 0.717) is 21.3 Å². The van der Waals surface area contributed by atoms with Crippen LogP contribution in [0.1, 0.15) is 32.7 Å². The Labute approximate surface area is 205 Å². The number of carbonyl (C=O) groups excluding carboxylic acids is 2. The molecule has 2 aromatic carbocycles. The highest BCUT2D eigenvalue weighted by Crippen LogP contribution is 2.42. The summed E-state index contributed by atoms with van der Waals surface area (Å²) >= 11 is 1.18. The second-order valence-corrected chi connectivity index (χ2v) is 9.07. The van der Waals surface area contributed by atoms with Crippen LogP contribution in [0.2, 0.25) is 0 Å². The lowest BCUT2D eigenvalue weighted by molar-refractivity contribution is -0.130. The number of aliphatic hydroxyl groups excluding tert-OH is 1. The van der Waals surface area contributed by atoms with Crippen LogP contribution < -0.4 is 0 Å². The van der Waals surface area contributed by atoms with Gasteiger partial charge in [0.05, 0.1) is 34.4 Å². The number of aryl methyl sites for hydroxylation is 1. The summed E-state index contributed by atoms with van der Waals surface area (Å²) in [6.07, 6.45) is 1.58. The van der Waals surface area contributed by atoms with Gasteiger partial charge in [-0.2, -0.15) is 0 Å². The summed E-state index contributed by atoms with van der Waals surface area (Å²) in [6.45, 7) is 1.70. The number of Topliss-reactive ketones (excluding diaryl/α,β-unsaturated/α-hetero) is 1. The van der Waals surface area contributed by atoms with Crippen LogP contribution in [0, 0.1) is 12.7 Å². The van der Waals surface area contributed by atoms with Gasteiger partial charge in [-0.15, -0.1) is 11.3 Å². The molecule has 2 aromatic heterocycles. The summed E-state index contributed by atoms with van der Waals surface area (Å²) in [6, 6.07) is 19.5. The van der Waals surface area contributed by atoms with Crippen LogP contribution in [0.3, 0.4) is 0 Å². The van der Waals surface area contributed by atoms with Gasteiger partial charge in [0.25, 0.3) is 5.91 Å². The summed E-state index contributed by atoms with van der Waals surface area (Å²) in [7, 11) is 0. The molecule has 1 amide bonds. The van der Waals surface area contributed by atoms with Crippen LogP contribution in [0.4, 0.5) is 4.39 Å². The van der Waals surface area contributed by atoms with Gasteiger partial charge in [0.15, 0.2) is 5.76 Å². The van der Waals surface area contributed by atoms with E-state index in [0.717, 1.165) is 5.56 Å². The highest BCUT2D eigenvalue weighted by atomic mass is 32.1. The van der Waals surface area contributed by atoms with Gasteiger partial charge in [-0.25, -0.2) is 9.37 Å². The minimum atomic E-state index is -1.11. The maximum absolute atomic E-state index is 15.0. The number of hydrogen-bond acceptors (Lipinski definition) is 6. The SMILES string of the molecule is Cc1nc(-c2ccccc2)sc1C(=O)C1=C(O)C(=O)N(Cc2ccccn2)C1c1ccccc1F. The minimum Gasteiger partial charge on any atom is -0.503 e. The highest BCUT2D eigenvalue weighted by molar-refractivity contribution is 7.17. The van der Waals surface area contributed by atoms with Crippen molar-refractivity contribution in [1.29, 1.82) is 0 Å². The number of ketones is 1. The average molecular weight is 486 g/mol. The molecule has 1 unspecified atom stereocenters. The molecule has 1 atom stereocenters. The quantitative estimate of drug-likeness (QED) is 0.368. The number of benzene rings is 2. The monoisotopic (exact) mass is 485 g/mol. The van der Waals surface area contributed by atoms with Gasteiger partial charge in [0, 0.05) is 17.3 Å². The maximum atomic E-state index is 15.0. The van der Waals surface area contributed by atoms with Crippen LogP contribution in [-0.4, -0.2) is 31.7 Å². The van der Waals surface area contributed by atoms with Gasteiger partial charge in [-0.3, -0.25) is 14.6 Å². The summed E-state index contributed by atoms with van der Waals surface area (Å²) in [4.78, 5) is 37.3. The van der Waals surface area contributed by atoms with Gasteiger partial charge in [-0.05, 0) is 25.1 Å². The van der Waals surface area contributed by atoms with Crippen molar-refractivity contribution in [3.05, 3.63) is 118 Å². The van der Waals surface area contributed by atoms with Gasteiger partial charge in [-0.1, -0.05) is 54.6 Å². The van der Waals surface area contributed by atoms with E-state index in [1.54, 1.807) is 37.4 Å². The van der Waals surface area contributed by atoms with Crippen molar-refractivity contribution in [3.63, 3.8) is 0 Å². The molecule has 0 bridgehead atoms. The first kappa shape index (κ1) is 22.6. The molecule has 3 heterocycles. The molecule has 0 aliphatic carbocycles. The zero-order chi connectivity index (χ0) is 24.5. The Balaban J connectivity index is 1.60. The van der Waals surface area contributed by atoms with Crippen LogP contribution in [0.5, 0.6) is 0 Å². The summed E-state index contributed by atoms with van der Waals surface area (Å²) in [5.41, 5.74) is 1.82. The van der Waals surface area contributed by atoms with E-state index in [9.17, 15) is 19.1 Å². The average Bonchev–Trinajstić information content (AvgIpc) is 3.38. The number of aromatic nitrogens is 2. The fraction of sp³-hybridized carbons (Fsp3) is 0.111. The van der Waals surface area contributed by atoms with E-state index in [-0.39, 0.29) is 17.7 Å². The number of carbonyl (C=O) groups is 2. The Morgan fingerprint density at radius 2 is 1.77 bits per heavy atom. The third-order valence-electron chi connectivity index (χ3n) is 5.83. The Bertz CT molecular complexity index is 1450. The topological polar surface area (TPSA) is 83.4 Å². The molecule has 0 radical (unpaired) electrons. The van der Waals surface area contributed by atoms with Crippen LogP contribution >= 0.6 is 11.3 Å². The Hall–Kier alpha value is -4.17. The normalized spacial score (nSPS) is 15.7. The summed E-state index contributed by atoms with van der Waals surface area (Å²) in [5, 5.41) is 11.5. The smallest absolute Gasteiger partial charge is 0.290 e. The third-order valence-corrected chi connectivity index (χ3v) is 7.04. The Morgan fingerprint density at radius 3 is 2.49 bits per heavy atom. The molecular formula is C27H20FN3O3S. The number of thiazole rings is 1. The highest BCUT2D eigenvalue weighted by Gasteiger charge is 2.45. The zero-order valence-corrected chi connectivity index (χ0v) is 19.5. The predicted molar refractivity (Wildman–Crippen MR) is 130 cm³/mol. The first-order valence-electron chi connectivity index (χ1n) is 10.9. The molecule has 4 aromatic rings. The second-order valence-electron chi connectivity index (χ2n) is 8.07. The van der Waals surface area contributed by atoms with Crippen LogP contribution in [0.25, 0.3) is 10.6 Å². The number of nitrogens with zero attached hydrogens (tertiary/aromatic N) is 3. The van der Waals surface area contributed by atoms with Crippen molar-refractivity contribution in [2.45, 2.75) is 19.5 Å². The number of amides is 1. The fourth-order valence-electron chi connectivity index (χ4n) is 4.17. The molecule has 8 heteroatoms. The fourth-order valence-corrected chi connectivity index (χ4v) is 5.19. The largest absolute Gasteiger partial charge is 0.503 e. The van der Waals surface area contributed by atoms with Gasteiger partial charge in [0.2, 0.25) is 5.78 Å². The van der Waals surface area contributed by atoms with E-state index in [1.807, 2.05) is 30.3 Å². The van der Waals surface area contributed by atoms with Crippen molar-refractivity contribution in [3.8, 4) is 10.6 Å². The molecule has 1 aliphatic heterocycles. The van der Waals surface area contributed by atoms with Crippen molar-refractivity contribution >= 4 is 23.0 Å². The van der Waals surface area contributed by atoms with E-state index in [1.165, 1.54) is 34.4 Å². The molecular weight excluding hydrogens is 465 g/mol. The Morgan fingerprint density at radius 1 is 1.06 bits per heavy atom. The maximum Gasteiger partial charge on any atom is 0.290 e. The molecule has 1 aliphatic rings. The molecule has 35 heavy (non-hydrogen) atoms. The van der Waals surface area contributed by atoms with E-state index >= 15 is 0 Å². The third kappa shape index (κ3) is 4.13. The van der Waals surface area contributed by atoms with E-state index in [2.05, 4.69) is 9.97 Å². The molecule has 0 saturated heterocycles. The second kappa shape index (κ2) is 9.23. The van der Waals surface area contributed by atoms with Gasteiger partial charge < -0.3 is 10.0 Å². The van der Waals surface area contributed by atoms with Gasteiger partial charge in [0.1, 0.15) is 10.8 Å². The number of rotatable bonds is 6. The zero-order valence-electron chi connectivity index (χ0n) is 18.7. The molecule has 0 saturated carbocycles. The lowest BCUT2D eigenvalue weighted by atomic mass is 9.94. The molecule has 6 nitrogen and oxygen atoms in total. The molecule has 0 fully saturated rings. The first-order chi connectivity index (χ1) is 17.0. The molecule has 174 valence electrons. The van der Waals surface area contributed by atoms with Crippen LogP contribution in [0.15, 0.2) is 90.3 Å². The summed E-state index contributed by atoms with van der Waals surface area (Å²) < 4.78 is 15.0. The molecule has 1 N–H and O–H groups in total. The first-order valence-corrected chi connectivity index (χ1v) is 11.7. The number of aliphatic hydroxyl groups is 1. The van der Waals surface area contributed by atoms with E-state index < -0.39 is 29.3 Å². The Kier molecular flexibility index (Phi) is 5.96. The number of halogens is 1. The van der Waals surface area contributed by atoms with Crippen molar-refractivity contribution in [1.82, 2.24) is 14.9 Å². The van der Waals surface area contributed by atoms with Crippen LogP contribution in [-0.2, 0) is 11.3 Å². The van der Waals surface area contributed by atoms with Crippen molar-refractivity contribution in [2.24, 2.45) is 0 Å². The number of hydrogen-bond donors (Lipinski definition) is 1.